The van der Waals surface area contributed by atoms with Crippen molar-refractivity contribution in [2.24, 2.45) is 0 Å². The maximum atomic E-state index is 12.1. The van der Waals surface area contributed by atoms with Crippen LogP contribution in [-0.2, 0) is 11.2 Å². The van der Waals surface area contributed by atoms with Gasteiger partial charge in [0.25, 0.3) is 0 Å². The number of aliphatic hydroxyl groups excluding tert-OH is 1. The molecule has 4 nitrogen and oxygen atoms in total. The molecule has 0 spiro atoms. The third kappa shape index (κ3) is 1.38. The van der Waals surface area contributed by atoms with Gasteiger partial charge in [0.1, 0.15) is 5.58 Å². The van der Waals surface area contributed by atoms with Gasteiger partial charge in [-0.3, -0.25) is 9.59 Å². The Morgan fingerprint density at radius 1 is 1.18 bits per heavy atom. The molecular weight excluding hydrogens is 220 g/mol. The molecule has 1 aromatic carbocycles. The summed E-state index contributed by atoms with van der Waals surface area (Å²) >= 11 is 0. The summed E-state index contributed by atoms with van der Waals surface area (Å²) in [7, 11) is 0. The minimum absolute atomic E-state index is 0.0213. The molecule has 84 valence electrons. The standard InChI is InChI=1S/C13H8O4/c14-7-5-9-12(16)8-3-1-2-4-11(8)17-13(9)10(15)6-7/h1-4,6,15H,5H2. The minimum atomic E-state index is -0.294. The van der Waals surface area contributed by atoms with Crippen LogP contribution >= 0.6 is 0 Å². The van der Waals surface area contributed by atoms with E-state index < -0.39 is 0 Å². The van der Waals surface area contributed by atoms with Crippen LogP contribution in [0.15, 0.2) is 39.6 Å². The number of rotatable bonds is 0. The lowest BCUT2D eigenvalue weighted by molar-refractivity contribution is -0.114. The number of para-hydroxylation sites is 1. The summed E-state index contributed by atoms with van der Waals surface area (Å²) in [6, 6.07) is 6.76. The van der Waals surface area contributed by atoms with Crippen LogP contribution in [0.5, 0.6) is 0 Å². The quantitative estimate of drug-likeness (QED) is 0.746. The third-order valence-corrected chi connectivity index (χ3v) is 2.77. The first-order chi connectivity index (χ1) is 8.16. The SMILES string of the molecule is O=C1C=C(O)c2oc3ccccc3c(=O)c2C1. The van der Waals surface area contributed by atoms with Crippen LogP contribution in [0.2, 0.25) is 0 Å². The van der Waals surface area contributed by atoms with Gasteiger partial charge >= 0.3 is 0 Å². The van der Waals surface area contributed by atoms with Gasteiger partial charge in [0.2, 0.25) is 0 Å². The molecule has 17 heavy (non-hydrogen) atoms. The maximum absolute atomic E-state index is 12.1. The second-order valence-corrected chi connectivity index (χ2v) is 3.91. The van der Waals surface area contributed by atoms with Crippen LogP contribution in [0.4, 0.5) is 0 Å². The Kier molecular flexibility index (Phi) is 1.92. The van der Waals surface area contributed by atoms with Crippen molar-refractivity contribution in [1.82, 2.24) is 0 Å². The van der Waals surface area contributed by atoms with Crippen molar-refractivity contribution in [1.29, 1.82) is 0 Å². The number of benzene rings is 1. The van der Waals surface area contributed by atoms with E-state index in [1.54, 1.807) is 24.3 Å². The summed E-state index contributed by atoms with van der Waals surface area (Å²) in [6.07, 6.45) is 1.06. The van der Waals surface area contributed by atoms with Gasteiger partial charge in [-0.05, 0) is 12.1 Å². The number of carbonyl (C=O) groups is 1. The summed E-state index contributed by atoms with van der Waals surface area (Å²) in [6.45, 7) is 0. The molecule has 0 bridgehead atoms. The first-order valence-corrected chi connectivity index (χ1v) is 5.15. The maximum Gasteiger partial charge on any atom is 0.197 e. The van der Waals surface area contributed by atoms with Crippen LogP contribution in [0.1, 0.15) is 11.3 Å². The molecule has 0 atom stereocenters. The van der Waals surface area contributed by atoms with Crippen molar-refractivity contribution in [2.75, 3.05) is 0 Å². The summed E-state index contributed by atoms with van der Waals surface area (Å²) in [5.74, 6) is -0.468. The van der Waals surface area contributed by atoms with Crippen molar-refractivity contribution in [3.8, 4) is 0 Å². The Morgan fingerprint density at radius 3 is 2.76 bits per heavy atom. The lowest BCUT2D eigenvalue weighted by atomic mass is 9.99. The average molecular weight is 228 g/mol. The molecule has 1 aromatic heterocycles. The first-order valence-electron chi connectivity index (χ1n) is 5.15. The number of hydrogen-bond acceptors (Lipinski definition) is 4. The number of carbonyl (C=O) groups excluding carboxylic acids is 1. The fraction of sp³-hybridized carbons (Fsp3) is 0.0769. The zero-order valence-corrected chi connectivity index (χ0v) is 8.77. The van der Waals surface area contributed by atoms with Gasteiger partial charge in [0, 0.05) is 12.5 Å². The highest BCUT2D eigenvalue weighted by Crippen LogP contribution is 2.24. The van der Waals surface area contributed by atoms with Crippen LogP contribution in [-0.4, -0.2) is 10.9 Å². The van der Waals surface area contributed by atoms with Gasteiger partial charge in [-0.2, -0.15) is 0 Å². The van der Waals surface area contributed by atoms with E-state index in [2.05, 4.69) is 0 Å². The highest BCUT2D eigenvalue weighted by Gasteiger charge is 2.23. The number of allylic oxidation sites excluding steroid dienone is 1. The zero-order valence-electron chi connectivity index (χ0n) is 8.77. The lowest BCUT2D eigenvalue weighted by Crippen LogP contribution is -2.19. The molecule has 1 aliphatic carbocycles. The molecule has 0 amide bonds. The normalized spacial score (nSPS) is 14.6. The van der Waals surface area contributed by atoms with E-state index in [0.717, 1.165) is 6.08 Å². The smallest absolute Gasteiger partial charge is 0.197 e. The van der Waals surface area contributed by atoms with Crippen molar-refractivity contribution >= 4 is 22.5 Å². The predicted molar refractivity (Wildman–Crippen MR) is 61.8 cm³/mol. The van der Waals surface area contributed by atoms with E-state index in [-0.39, 0.29) is 34.7 Å². The van der Waals surface area contributed by atoms with E-state index in [4.69, 9.17) is 4.42 Å². The summed E-state index contributed by atoms with van der Waals surface area (Å²) < 4.78 is 5.46. The molecule has 0 unspecified atom stereocenters. The third-order valence-electron chi connectivity index (χ3n) is 2.77. The molecule has 0 saturated carbocycles. The van der Waals surface area contributed by atoms with Gasteiger partial charge < -0.3 is 9.52 Å². The van der Waals surface area contributed by atoms with Gasteiger partial charge in [-0.25, -0.2) is 0 Å². The largest absolute Gasteiger partial charge is 0.504 e. The molecule has 1 N–H and O–H groups in total. The molecule has 0 fully saturated rings. The Morgan fingerprint density at radius 2 is 1.94 bits per heavy atom. The van der Waals surface area contributed by atoms with E-state index >= 15 is 0 Å². The highest BCUT2D eigenvalue weighted by molar-refractivity contribution is 6.00. The van der Waals surface area contributed by atoms with E-state index in [1.165, 1.54) is 0 Å². The molecule has 0 aliphatic heterocycles. The second kappa shape index (κ2) is 3.31. The van der Waals surface area contributed by atoms with Crippen molar-refractivity contribution in [3.63, 3.8) is 0 Å². The Bertz CT molecular complexity index is 722. The lowest BCUT2D eigenvalue weighted by Gasteiger charge is -2.11. The highest BCUT2D eigenvalue weighted by atomic mass is 16.4. The molecule has 0 saturated heterocycles. The predicted octanol–water partition coefficient (Wildman–Crippen LogP) is 1.82. The fourth-order valence-corrected chi connectivity index (χ4v) is 1.99. The van der Waals surface area contributed by atoms with Crippen LogP contribution in [0, 0.1) is 0 Å². The molecule has 0 radical (unpaired) electrons. The number of fused-ring (bicyclic) bond motifs is 2. The molecule has 1 heterocycles. The Labute approximate surface area is 95.8 Å². The topological polar surface area (TPSA) is 67.5 Å². The first kappa shape index (κ1) is 9.84. The van der Waals surface area contributed by atoms with E-state index in [1.807, 2.05) is 0 Å². The molecule has 1 aliphatic rings. The number of ketones is 1. The minimum Gasteiger partial charge on any atom is -0.504 e. The molecule has 3 rings (SSSR count). The van der Waals surface area contributed by atoms with Crippen molar-refractivity contribution in [3.05, 3.63) is 51.9 Å². The van der Waals surface area contributed by atoms with Crippen molar-refractivity contribution in [2.45, 2.75) is 6.42 Å². The van der Waals surface area contributed by atoms with Crippen LogP contribution < -0.4 is 5.43 Å². The fourth-order valence-electron chi connectivity index (χ4n) is 1.99. The van der Waals surface area contributed by atoms with Gasteiger partial charge in [0.05, 0.1) is 10.9 Å². The molecular formula is C13H8O4. The monoisotopic (exact) mass is 228 g/mol. The molecule has 4 heteroatoms. The van der Waals surface area contributed by atoms with Crippen LogP contribution in [0.25, 0.3) is 16.7 Å². The van der Waals surface area contributed by atoms with E-state index in [0.29, 0.717) is 11.0 Å². The summed E-state index contributed by atoms with van der Waals surface area (Å²) in [5.41, 5.74) is 0.383. The Balaban J connectivity index is 2.46. The number of aliphatic hydroxyl groups is 1. The van der Waals surface area contributed by atoms with Crippen molar-refractivity contribution < 1.29 is 14.3 Å². The summed E-state index contributed by atoms with van der Waals surface area (Å²) in [5, 5.41) is 10.0. The van der Waals surface area contributed by atoms with Crippen LogP contribution in [0.3, 0.4) is 0 Å². The van der Waals surface area contributed by atoms with Gasteiger partial charge in [0.15, 0.2) is 22.7 Å². The zero-order chi connectivity index (χ0) is 12.0. The molecule has 2 aromatic rings. The Hall–Kier alpha value is -2.36. The average Bonchev–Trinajstić information content (AvgIpc) is 2.31. The van der Waals surface area contributed by atoms with Gasteiger partial charge in [-0.15, -0.1) is 0 Å². The van der Waals surface area contributed by atoms with Gasteiger partial charge in [-0.1, -0.05) is 12.1 Å². The number of hydrogen-bond donors (Lipinski definition) is 1. The summed E-state index contributed by atoms with van der Waals surface area (Å²) in [4.78, 5) is 23.4. The van der Waals surface area contributed by atoms with E-state index in [9.17, 15) is 14.7 Å². The second-order valence-electron chi connectivity index (χ2n) is 3.91.